The van der Waals surface area contributed by atoms with E-state index >= 15 is 0 Å². The van der Waals surface area contributed by atoms with Gasteiger partial charge in [-0.3, -0.25) is 0 Å². The fourth-order valence-corrected chi connectivity index (χ4v) is 2.18. The number of aryl methyl sites for hydroxylation is 1. The smallest absolute Gasteiger partial charge is 0.254 e. The van der Waals surface area contributed by atoms with Gasteiger partial charge in [-0.1, -0.05) is 24.3 Å². The first-order chi connectivity index (χ1) is 11.1. The molecule has 5 heteroatoms. The van der Waals surface area contributed by atoms with Crippen LogP contribution in [0.3, 0.4) is 0 Å². The van der Waals surface area contributed by atoms with E-state index in [1.807, 2.05) is 50.3 Å². The van der Waals surface area contributed by atoms with Crippen LogP contribution in [-0.4, -0.2) is 24.2 Å². The maximum absolute atomic E-state index is 5.58. The van der Waals surface area contributed by atoms with Crippen molar-refractivity contribution in [3.63, 3.8) is 0 Å². The molecule has 0 radical (unpaired) electrons. The maximum Gasteiger partial charge on any atom is 0.254 e. The highest BCUT2D eigenvalue weighted by atomic mass is 16.5. The molecule has 0 aliphatic heterocycles. The lowest BCUT2D eigenvalue weighted by Gasteiger charge is -2.11. The molecule has 2 aromatic heterocycles. The van der Waals surface area contributed by atoms with Gasteiger partial charge < -0.3 is 14.2 Å². The molecular weight excluding hydrogens is 290 g/mol. The second kappa shape index (κ2) is 6.52. The van der Waals surface area contributed by atoms with Crippen LogP contribution < -0.4 is 9.64 Å². The largest absolute Gasteiger partial charge is 0.471 e. The van der Waals surface area contributed by atoms with E-state index in [0.29, 0.717) is 12.5 Å². The molecule has 3 rings (SSSR count). The fraction of sp³-hybridized carbons (Fsp3) is 0.222. The van der Waals surface area contributed by atoms with Crippen molar-refractivity contribution in [2.45, 2.75) is 13.5 Å². The second-order valence-corrected chi connectivity index (χ2v) is 5.56. The lowest BCUT2D eigenvalue weighted by molar-refractivity contribution is 0.267. The highest BCUT2D eigenvalue weighted by Gasteiger charge is 2.03. The Kier molecular flexibility index (Phi) is 4.28. The van der Waals surface area contributed by atoms with Crippen LogP contribution in [0.5, 0.6) is 5.88 Å². The molecule has 0 aliphatic carbocycles. The minimum absolute atomic E-state index is 0.462. The van der Waals surface area contributed by atoms with Crippen molar-refractivity contribution in [2.75, 3.05) is 19.0 Å². The van der Waals surface area contributed by atoms with Crippen molar-refractivity contribution in [2.24, 2.45) is 0 Å². The zero-order chi connectivity index (χ0) is 16.2. The third-order valence-corrected chi connectivity index (χ3v) is 3.49. The van der Waals surface area contributed by atoms with Crippen molar-refractivity contribution in [1.82, 2.24) is 10.1 Å². The van der Waals surface area contributed by atoms with E-state index in [4.69, 9.17) is 9.26 Å². The Labute approximate surface area is 135 Å². The van der Waals surface area contributed by atoms with Crippen LogP contribution in [-0.2, 0) is 6.61 Å². The van der Waals surface area contributed by atoms with E-state index < -0.39 is 0 Å². The Hall–Kier alpha value is -2.82. The van der Waals surface area contributed by atoms with Crippen molar-refractivity contribution in [3.8, 4) is 17.0 Å². The average Bonchev–Trinajstić information content (AvgIpc) is 2.99. The molecule has 118 valence electrons. The van der Waals surface area contributed by atoms with Gasteiger partial charge in [0.25, 0.3) is 5.88 Å². The monoisotopic (exact) mass is 309 g/mol. The number of benzene rings is 1. The van der Waals surface area contributed by atoms with Gasteiger partial charge in [0.05, 0.1) is 0 Å². The van der Waals surface area contributed by atoms with E-state index in [9.17, 15) is 0 Å². The maximum atomic E-state index is 5.58. The molecule has 0 bridgehead atoms. The first-order valence-corrected chi connectivity index (χ1v) is 7.40. The molecule has 0 unspecified atom stereocenters. The van der Waals surface area contributed by atoms with Crippen LogP contribution >= 0.6 is 0 Å². The SMILES string of the molecule is Cc1cc(OCc2ccc(-c3ccc(N(C)C)nc3)cc2)no1. The minimum Gasteiger partial charge on any atom is -0.471 e. The molecular formula is C18H19N3O2. The summed E-state index contributed by atoms with van der Waals surface area (Å²) >= 11 is 0. The molecule has 0 atom stereocenters. The third-order valence-electron chi connectivity index (χ3n) is 3.49. The van der Waals surface area contributed by atoms with Gasteiger partial charge in [0.1, 0.15) is 18.2 Å². The van der Waals surface area contributed by atoms with Gasteiger partial charge in [-0.2, -0.15) is 0 Å². The third kappa shape index (κ3) is 3.69. The first kappa shape index (κ1) is 15.1. The van der Waals surface area contributed by atoms with E-state index in [-0.39, 0.29) is 0 Å². The summed E-state index contributed by atoms with van der Waals surface area (Å²) in [7, 11) is 3.96. The van der Waals surface area contributed by atoms with Crippen LogP contribution in [0.1, 0.15) is 11.3 Å². The van der Waals surface area contributed by atoms with Gasteiger partial charge in [-0.15, -0.1) is 0 Å². The summed E-state index contributed by atoms with van der Waals surface area (Å²) in [6.45, 7) is 2.30. The van der Waals surface area contributed by atoms with Crippen molar-refractivity contribution in [3.05, 3.63) is 60.0 Å². The number of nitrogens with zero attached hydrogens (tertiary/aromatic N) is 3. The Morgan fingerprint density at radius 3 is 2.35 bits per heavy atom. The second-order valence-electron chi connectivity index (χ2n) is 5.56. The van der Waals surface area contributed by atoms with Crippen LogP contribution in [0, 0.1) is 6.92 Å². The quantitative estimate of drug-likeness (QED) is 0.719. The van der Waals surface area contributed by atoms with E-state index in [1.165, 1.54) is 0 Å². The van der Waals surface area contributed by atoms with Gasteiger partial charge >= 0.3 is 0 Å². The molecule has 0 aliphatic rings. The number of pyridine rings is 1. The number of hydrogen-bond acceptors (Lipinski definition) is 5. The molecule has 0 saturated heterocycles. The highest BCUT2D eigenvalue weighted by molar-refractivity contribution is 5.64. The molecule has 0 spiro atoms. The summed E-state index contributed by atoms with van der Waals surface area (Å²) in [6.07, 6.45) is 1.89. The lowest BCUT2D eigenvalue weighted by atomic mass is 10.1. The molecule has 5 nitrogen and oxygen atoms in total. The van der Waals surface area contributed by atoms with Crippen LogP contribution in [0.25, 0.3) is 11.1 Å². The van der Waals surface area contributed by atoms with Gasteiger partial charge in [-0.05, 0) is 35.3 Å². The lowest BCUT2D eigenvalue weighted by Crippen LogP contribution is -2.09. The summed E-state index contributed by atoms with van der Waals surface area (Å²) in [5.74, 6) is 2.20. The number of ether oxygens (including phenoxy) is 1. The Bertz CT molecular complexity index is 762. The number of hydrogen-bond donors (Lipinski definition) is 0. The standard InChI is InChI=1S/C18H19N3O2/c1-13-10-18(20-23-13)22-12-14-4-6-15(7-5-14)16-8-9-17(19-11-16)21(2)3/h4-11H,12H2,1-3H3. The zero-order valence-electron chi connectivity index (χ0n) is 13.5. The van der Waals surface area contributed by atoms with Crippen LogP contribution in [0.4, 0.5) is 5.82 Å². The van der Waals surface area contributed by atoms with E-state index in [2.05, 4.69) is 28.3 Å². The van der Waals surface area contributed by atoms with Gasteiger partial charge in [0.2, 0.25) is 0 Å². The Morgan fingerprint density at radius 2 is 1.78 bits per heavy atom. The number of aromatic nitrogens is 2. The van der Waals surface area contributed by atoms with Gasteiger partial charge in [0.15, 0.2) is 0 Å². The Balaban J connectivity index is 1.66. The van der Waals surface area contributed by atoms with E-state index in [0.717, 1.165) is 28.3 Å². The normalized spacial score (nSPS) is 10.6. The predicted octanol–water partition coefficient (Wildman–Crippen LogP) is 3.69. The van der Waals surface area contributed by atoms with Crippen molar-refractivity contribution >= 4 is 5.82 Å². The molecule has 0 amide bonds. The topological polar surface area (TPSA) is 51.4 Å². The summed E-state index contributed by atoms with van der Waals surface area (Å²) in [4.78, 5) is 6.42. The van der Waals surface area contributed by atoms with Crippen LogP contribution in [0.15, 0.2) is 53.2 Å². The summed E-state index contributed by atoms with van der Waals surface area (Å²) in [5.41, 5.74) is 3.30. The molecule has 2 heterocycles. The van der Waals surface area contributed by atoms with Crippen molar-refractivity contribution < 1.29 is 9.26 Å². The molecule has 0 saturated carbocycles. The fourth-order valence-electron chi connectivity index (χ4n) is 2.18. The molecule has 1 aromatic carbocycles. The zero-order valence-corrected chi connectivity index (χ0v) is 13.5. The molecule has 23 heavy (non-hydrogen) atoms. The average molecular weight is 309 g/mol. The molecule has 3 aromatic rings. The minimum atomic E-state index is 0.462. The van der Waals surface area contributed by atoms with Crippen molar-refractivity contribution in [1.29, 1.82) is 0 Å². The first-order valence-electron chi connectivity index (χ1n) is 7.40. The van der Waals surface area contributed by atoms with Gasteiger partial charge in [0, 0.05) is 31.9 Å². The summed E-state index contributed by atoms with van der Waals surface area (Å²) in [6, 6.07) is 14.1. The number of anilines is 1. The van der Waals surface area contributed by atoms with Gasteiger partial charge in [-0.25, -0.2) is 4.98 Å². The Morgan fingerprint density at radius 1 is 1.04 bits per heavy atom. The van der Waals surface area contributed by atoms with E-state index in [1.54, 1.807) is 6.07 Å². The number of rotatable bonds is 5. The highest BCUT2D eigenvalue weighted by Crippen LogP contribution is 2.21. The summed E-state index contributed by atoms with van der Waals surface area (Å²) < 4.78 is 10.5. The molecule has 0 fully saturated rings. The predicted molar refractivity (Wildman–Crippen MR) is 89.6 cm³/mol. The summed E-state index contributed by atoms with van der Waals surface area (Å²) in [5, 5.41) is 3.81. The molecule has 0 N–H and O–H groups in total. The van der Waals surface area contributed by atoms with Crippen LogP contribution in [0.2, 0.25) is 0 Å².